The molecule has 0 atom stereocenters. The maximum atomic E-state index is 12.3. The summed E-state index contributed by atoms with van der Waals surface area (Å²) in [4.78, 5) is 10.2. The maximum absolute atomic E-state index is 12.3. The molecule has 1 aromatic rings. The van der Waals surface area contributed by atoms with E-state index in [9.17, 15) is 22.4 Å². The van der Waals surface area contributed by atoms with E-state index in [1.165, 1.54) is 24.3 Å². The van der Waals surface area contributed by atoms with Gasteiger partial charge < -0.3 is 13.7 Å². The number of halogens is 2. The molecule has 1 fully saturated rings. The molecule has 0 unspecified atom stereocenters. The summed E-state index contributed by atoms with van der Waals surface area (Å²) >= 11 is 2.93. The van der Waals surface area contributed by atoms with Crippen LogP contribution in [0.3, 0.4) is 0 Å². The second kappa shape index (κ2) is 5.83. The van der Waals surface area contributed by atoms with Crippen molar-refractivity contribution in [3.63, 3.8) is 0 Å². The van der Waals surface area contributed by atoms with Gasteiger partial charge in [-0.05, 0) is 12.1 Å². The molecular weight excluding hydrogens is 377 g/mol. The van der Waals surface area contributed by atoms with Crippen LogP contribution in [0.15, 0.2) is 24.3 Å². The lowest BCUT2D eigenvalue weighted by atomic mass is 10.2. The third kappa shape index (κ3) is 4.09. The standard InChI is InChI=1S/C10H9BrFNO7S/c11-10(13(14)15)5-18-9(19-6-10)7-1-3-8(4-2-7)20-21(12,16)17/h1-4,9H,5-6H2. The van der Waals surface area contributed by atoms with Crippen LogP contribution >= 0.6 is 15.9 Å². The average Bonchev–Trinajstić information content (AvgIpc) is 2.39. The minimum Gasteiger partial charge on any atom is -0.358 e. The molecule has 0 saturated carbocycles. The monoisotopic (exact) mass is 385 g/mol. The molecule has 1 saturated heterocycles. The molecule has 8 nitrogen and oxygen atoms in total. The van der Waals surface area contributed by atoms with Gasteiger partial charge in [0.25, 0.3) is 0 Å². The average molecular weight is 386 g/mol. The van der Waals surface area contributed by atoms with E-state index < -0.39 is 26.2 Å². The molecule has 21 heavy (non-hydrogen) atoms. The van der Waals surface area contributed by atoms with Gasteiger partial charge in [0.1, 0.15) is 19.0 Å². The van der Waals surface area contributed by atoms with Crippen LogP contribution in [-0.2, 0) is 20.0 Å². The van der Waals surface area contributed by atoms with Gasteiger partial charge in [0.15, 0.2) is 6.29 Å². The van der Waals surface area contributed by atoms with Gasteiger partial charge in [0.2, 0.25) is 0 Å². The van der Waals surface area contributed by atoms with Crippen LogP contribution in [0, 0.1) is 10.1 Å². The van der Waals surface area contributed by atoms with Crippen molar-refractivity contribution in [1.82, 2.24) is 0 Å². The van der Waals surface area contributed by atoms with Crippen LogP contribution in [0.25, 0.3) is 0 Å². The molecule has 116 valence electrons. The van der Waals surface area contributed by atoms with Gasteiger partial charge in [-0.2, -0.15) is 8.42 Å². The lowest BCUT2D eigenvalue weighted by molar-refractivity contribution is -0.557. The van der Waals surface area contributed by atoms with Crippen LogP contribution < -0.4 is 4.18 Å². The van der Waals surface area contributed by atoms with Gasteiger partial charge in [-0.1, -0.05) is 16.0 Å². The Labute approximate surface area is 127 Å². The first-order valence-corrected chi connectivity index (χ1v) is 7.60. The Morgan fingerprint density at radius 1 is 1.33 bits per heavy atom. The summed E-state index contributed by atoms with van der Waals surface area (Å²) < 4.78 is 46.0. The van der Waals surface area contributed by atoms with E-state index in [2.05, 4.69) is 20.1 Å². The van der Waals surface area contributed by atoms with Gasteiger partial charge in [-0.3, -0.25) is 10.1 Å². The van der Waals surface area contributed by atoms with Crippen molar-refractivity contribution in [2.24, 2.45) is 0 Å². The van der Waals surface area contributed by atoms with Crippen molar-refractivity contribution < 1.29 is 30.9 Å². The van der Waals surface area contributed by atoms with E-state index >= 15 is 0 Å². The highest BCUT2D eigenvalue weighted by Gasteiger charge is 2.45. The first-order valence-electron chi connectivity index (χ1n) is 5.50. The fraction of sp³-hybridized carbons (Fsp3) is 0.400. The molecule has 0 radical (unpaired) electrons. The third-order valence-electron chi connectivity index (χ3n) is 2.59. The predicted octanol–water partition coefficient (Wildman–Crippen LogP) is 1.69. The Morgan fingerprint density at radius 2 is 1.86 bits per heavy atom. The minimum absolute atomic E-state index is 0.207. The van der Waals surface area contributed by atoms with Crippen LogP contribution in [0.2, 0.25) is 0 Å². The maximum Gasteiger partial charge on any atom is 0.488 e. The Balaban J connectivity index is 2.03. The lowest BCUT2D eigenvalue weighted by Gasteiger charge is -2.30. The Kier molecular flexibility index (Phi) is 4.46. The molecular formula is C10H9BrFNO7S. The number of ether oxygens (including phenoxy) is 2. The second-order valence-corrected chi connectivity index (χ2v) is 6.60. The van der Waals surface area contributed by atoms with Crippen molar-refractivity contribution in [2.45, 2.75) is 10.7 Å². The lowest BCUT2D eigenvalue weighted by Crippen LogP contribution is -2.46. The van der Waals surface area contributed by atoms with Crippen molar-refractivity contribution in [3.8, 4) is 5.75 Å². The molecule has 2 rings (SSSR count). The molecule has 0 amide bonds. The van der Waals surface area contributed by atoms with Gasteiger partial charge >= 0.3 is 15.0 Å². The second-order valence-electron chi connectivity index (χ2n) is 4.17. The molecule has 11 heteroatoms. The largest absolute Gasteiger partial charge is 0.488 e. The number of hydrogen-bond acceptors (Lipinski definition) is 7. The molecule has 1 aliphatic heterocycles. The molecule has 1 heterocycles. The van der Waals surface area contributed by atoms with Crippen LogP contribution in [0.4, 0.5) is 3.89 Å². The molecule has 0 aliphatic carbocycles. The zero-order chi connectivity index (χ0) is 15.7. The summed E-state index contributed by atoms with van der Waals surface area (Å²) in [5, 5.41) is 10.8. The first-order chi connectivity index (χ1) is 9.70. The molecule has 0 spiro atoms. The van der Waals surface area contributed by atoms with Crippen molar-refractivity contribution in [3.05, 3.63) is 39.9 Å². The van der Waals surface area contributed by atoms with E-state index in [4.69, 9.17) is 9.47 Å². The summed E-state index contributed by atoms with van der Waals surface area (Å²) in [6.45, 7) is -0.413. The summed E-state index contributed by atoms with van der Waals surface area (Å²) in [7, 11) is -5.08. The van der Waals surface area contributed by atoms with E-state index in [0.717, 1.165) is 0 Å². The van der Waals surface area contributed by atoms with Gasteiger partial charge in [-0.15, -0.1) is 0 Å². The highest BCUT2D eigenvalue weighted by molar-refractivity contribution is 9.10. The van der Waals surface area contributed by atoms with Gasteiger partial charge in [-0.25, -0.2) is 0 Å². The van der Waals surface area contributed by atoms with E-state index in [1.807, 2.05) is 0 Å². The van der Waals surface area contributed by atoms with Crippen LogP contribution in [-0.4, -0.2) is 31.0 Å². The Morgan fingerprint density at radius 3 is 2.29 bits per heavy atom. The minimum atomic E-state index is -5.08. The normalized spacial score (nSPS) is 26.3. The number of alkyl halides is 1. The molecule has 0 N–H and O–H groups in total. The number of nitrogens with zero attached hydrogens (tertiary/aromatic N) is 1. The van der Waals surface area contributed by atoms with Crippen molar-refractivity contribution in [2.75, 3.05) is 13.2 Å². The quantitative estimate of drug-likeness (QED) is 0.255. The number of nitro groups is 1. The number of benzene rings is 1. The third-order valence-corrected chi connectivity index (χ3v) is 3.73. The molecule has 0 aromatic heterocycles. The van der Waals surface area contributed by atoms with Gasteiger partial charge in [0, 0.05) is 26.4 Å². The number of rotatable bonds is 4. The van der Waals surface area contributed by atoms with Crippen molar-refractivity contribution >= 4 is 26.4 Å². The predicted molar refractivity (Wildman–Crippen MR) is 70.4 cm³/mol. The summed E-state index contributed by atoms with van der Waals surface area (Å²) in [6, 6.07) is 5.22. The summed E-state index contributed by atoms with van der Waals surface area (Å²) in [5.41, 5.74) is 0.483. The van der Waals surface area contributed by atoms with E-state index in [0.29, 0.717) is 5.56 Å². The zero-order valence-corrected chi connectivity index (χ0v) is 12.7. The number of hydrogen-bond donors (Lipinski definition) is 0. The molecule has 1 aliphatic rings. The Hall–Kier alpha value is -1.30. The molecule has 0 bridgehead atoms. The highest BCUT2D eigenvalue weighted by Crippen LogP contribution is 2.32. The van der Waals surface area contributed by atoms with Crippen LogP contribution in [0.5, 0.6) is 5.75 Å². The topological polar surface area (TPSA) is 105 Å². The van der Waals surface area contributed by atoms with E-state index in [1.54, 1.807) is 0 Å². The first kappa shape index (κ1) is 16.1. The van der Waals surface area contributed by atoms with E-state index in [-0.39, 0.29) is 19.0 Å². The fourth-order valence-corrected chi connectivity index (χ4v) is 2.20. The highest BCUT2D eigenvalue weighted by atomic mass is 79.9. The van der Waals surface area contributed by atoms with Crippen LogP contribution in [0.1, 0.15) is 11.9 Å². The summed E-state index contributed by atoms with van der Waals surface area (Å²) in [5.74, 6) is -0.211. The molecule has 1 aromatic carbocycles. The fourth-order valence-electron chi connectivity index (χ4n) is 1.59. The van der Waals surface area contributed by atoms with Crippen molar-refractivity contribution in [1.29, 1.82) is 0 Å². The zero-order valence-electron chi connectivity index (χ0n) is 10.3. The smallest absolute Gasteiger partial charge is 0.358 e. The van der Waals surface area contributed by atoms with Gasteiger partial charge in [0.05, 0.1) is 0 Å². The summed E-state index contributed by atoms with van der Waals surface area (Å²) in [6.07, 6.45) is -0.841. The Bertz CT molecular complexity index is 627. The SMILES string of the molecule is O=[N+]([O-])C1(Br)COC(c2ccc(OS(=O)(=O)F)cc2)OC1.